The monoisotopic (exact) mass is 321 g/mol. The molecule has 0 bridgehead atoms. The number of aryl methyl sites for hydroxylation is 1. The van der Waals surface area contributed by atoms with Crippen molar-refractivity contribution in [2.24, 2.45) is 0 Å². The Morgan fingerprint density at radius 1 is 1.26 bits per heavy atom. The Balaban J connectivity index is 2.20. The number of hydrogen-bond donors (Lipinski definition) is 1. The molecule has 3 nitrogen and oxygen atoms in total. The van der Waals surface area contributed by atoms with Crippen molar-refractivity contribution >= 4 is 27.0 Å². The van der Waals surface area contributed by atoms with E-state index in [0.717, 1.165) is 0 Å². The van der Waals surface area contributed by atoms with E-state index in [2.05, 4.69) is 20.9 Å². The summed E-state index contributed by atoms with van der Waals surface area (Å²) in [7, 11) is 0. The summed E-state index contributed by atoms with van der Waals surface area (Å²) in [6.07, 6.45) is 0. The van der Waals surface area contributed by atoms with Crippen molar-refractivity contribution in [2.45, 2.75) is 6.92 Å². The minimum Gasteiger partial charge on any atom is -0.508 e. The van der Waals surface area contributed by atoms with Crippen LogP contribution in [0.15, 0.2) is 39.2 Å². The van der Waals surface area contributed by atoms with Crippen LogP contribution >= 0.6 is 15.9 Å². The lowest BCUT2D eigenvalue weighted by Crippen LogP contribution is -1.84. The molecule has 19 heavy (non-hydrogen) atoms. The van der Waals surface area contributed by atoms with Gasteiger partial charge in [-0.15, -0.1) is 0 Å². The van der Waals surface area contributed by atoms with Crippen molar-refractivity contribution in [3.8, 4) is 17.2 Å². The van der Waals surface area contributed by atoms with Crippen LogP contribution in [-0.2, 0) is 0 Å². The molecule has 96 valence electrons. The lowest BCUT2D eigenvalue weighted by Gasteiger charge is -1.98. The second-order valence-corrected chi connectivity index (χ2v) is 5.11. The Labute approximate surface area is 116 Å². The largest absolute Gasteiger partial charge is 0.508 e. The Hall–Kier alpha value is -1.88. The van der Waals surface area contributed by atoms with Gasteiger partial charge in [0.05, 0.1) is 4.47 Å². The number of aromatic hydroxyl groups is 1. The van der Waals surface area contributed by atoms with Crippen molar-refractivity contribution in [1.29, 1.82) is 0 Å². The molecule has 3 rings (SSSR count). The molecule has 3 aromatic rings. The quantitative estimate of drug-likeness (QED) is 0.722. The first kappa shape index (κ1) is 12.2. The fourth-order valence-electron chi connectivity index (χ4n) is 1.83. The van der Waals surface area contributed by atoms with Gasteiger partial charge in [-0.1, -0.05) is 6.07 Å². The standard InChI is InChI=1S/C14H9BrFNO2/c1-7-2-3-8(4-11(7)16)14-17-12-6-9(18)5-10(15)13(12)19-14/h2-6,18H,1H3. The molecule has 0 unspecified atom stereocenters. The molecular weight excluding hydrogens is 313 g/mol. The van der Waals surface area contributed by atoms with Crippen LogP contribution in [0.5, 0.6) is 5.75 Å². The maximum absolute atomic E-state index is 13.5. The molecule has 0 radical (unpaired) electrons. The topological polar surface area (TPSA) is 46.3 Å². The second kappa shape index (κ2) is 4.35. The van der Waals surface area contributed by atoms with E-state index in [4.69, 9.17) is 4.42 Å². The molecule has 0 fully saturated rings. The summed E-state index contributed by atoms with van der Waals surface area (Å²) < 4.78 is 19.7. The van der Waals surface area contributed by atoms with Crippen molar-refractivity contribution < 1.29 is 13.9 Å². The van der Waals surface area contributed by atoms with Gasteiger partial charge in [0, 0.05) is 11.6 Å². The first-order valence-electron chi connectivity index (χ1n) is 5.60. The molecule has 1 heterocycles. The first-order chi connectivity index (χ1) is 9.04. The summed E-state index contributed by atoms with van der Waals surface area (Å²) in [6, 6.07) is 7.82. The van der Waals surface area contributed by atoms with Crippen molar-refractivity contribution in [2.75, 3.05) is 0 Å². The fraction of sp³-hybridized carbons (Fsp3) is 0.0714. The van der Waals surface area contributed by atoms with Gasteiger partial charge in [-0.3, -0.25) is 0 Å². The van der Waals surface area contributed by atoms with E-state index >= 15 is 0 Å². The third kappa shape index (κ3) is 2.10. The van der Waals surface area contributed by atoms with E-state index in [1.165, 1.54) is 18.2 Å². The predicted molar refractivity (Wildman–Crippen MR) is 73.5 cm³/mol. The summed E-state index contributed by atoms with van der Waals surface area (Å²) in [6.45, 7) is 1.69. The number of oxazole rings is 1. The van der Waals surface area contributed by atoms with Gasteiger partial charge in [0.25, 0.3) is 0 Å². The average molecular weight is 322 g/mol. The van der Waals surface area contributed by atoms with Crippen LogP contribution in [0.2, 0.25) is 0 Å². The molecule has 5 heteroatoms. The number of aromatic nitrogens is 1. The summed E-state index contributed by atoms with van der Waals surface area (Å²) in [4.78, 5) is 4.25. The normalized spacial score (nSPS) is 11.1. The number of halogens is 2. The third-order valence-electron chi connectivity index (χ3n) is 2.85. The number of nitrogens with zero attached hydrogens (tertiary/aromatic N) is 1. The van der Waals surface area contributed by atoms with Gasteiger partial charge in [-0.05, 0) is 46.6 Å². The minimum absolute atomic E-state index is 0.0920. The van der Waals surface area contributed by atoms with Gasteiger partial charge in [0.2, 0.25) is 5.89 Å². The molecule has 0 aliphatic heterocycles. The number of benzene rings is 2. The number of phenols is 1. The second-order valence-electron chi connectivity index (χ2n) is 4.26. The Morgan fingerprint density at radius 3 is 2.79 bits per heavy atom. The van der Waals surface area contributed by atoms with Crippen LogP contribution in [-0.4, -0.2) is 10.1 Å². The maximum atomic E-state index is 13.5. The molecule has 0 saturated heterocycles. The van der Waals surface area contributed by atoms with Gasteiger partial charge in [0.1, 0.15) is 17.1 Å². The summed E-state index contributed by atoms with van der Waals surface area (Å²) in [5.74, 6) is 0.108. The summed E-state index contributed by atoms with van der Waals surface area (Å²) in [5, 5.41) is 9.50. The smallest absolute Gasteiger partial charge is 0.227 e. The Morgan fingerprint density at radius 2 is 2.05 bits per heavy atom. The molecule has 1 N–H and O–H groups in total. The summed E-state index contributed by atoms with van der Waals surface area (Å²) >= 11 is 3.29. The number of fused-ring (bicyclic) bond motifs is 1. The van der Waals surface area contributed by atoms with Gasteiger partial charge in [-0.2, -0.15) is 0 Å². The number of phenolic OH excluding ortho intramolecular Hbond substituents is 1. The zero-order valence-corrected chi connectivity index (χ0v) is 11.5. The van der Waals surface area contributed by atoms with Crippen LogP contribution in [0, 0.1) is 12.7 Å². The fourth-order valence-corrected chi connectivity index (χ4v) is 2.35. The zero-order chi connectivity index (χ0) is 13.6. The van der Waals surface area contributed by atoms with E-state index in [1.807, 2.05) is 0 Å². The number of rotatable bonds is 1. The van der Waals surface area contributed by atoms with Gasteiger partial charge in [0.15, 0.2) is 5.58 Å². The highest BCUT2D eigenvalue weighted by Crippen LogP contribution is 2.32. The first-order valence-corrected chi connectivity index (χ1v) is 6.39. The zero-order valence-electron chi connectivity index (χ0n) is 9.95. The van der Waals surface area contributed by atoms with Crippen LogP contribution in [0.3, 0.4) is 0 Å². The molecular formula is C14H9BrFNO2. The molecule has 0 amide bonds. The van der Waals surface area contributed by atoms with Gasteiger partial charge < -0.3 is 9.52 Å². The third-order valence-corrected chi connectivity index (χ3v) is 3.44. The Kier molecular flexibility index (Phi) is 2.78. The van der Waals surface area contributed by atoms with Crippen LogP contribution in [0.1, 0.15) is 5.56 Å². The van der Waals surface area contributed by atoms with Gasteiger partial charge in [-0.25, -0.2) is 9.37 Å². The molecule has 0 aliphatic rings. The molecule has 0 saturated carbocycles. The molecule has 0 atom stereocenters. The molecule has 2 aromatic carbocycles. The van der Waals surface area contributed by atoms with Crippen molar-refractivity contribution in [3.05, 3.63) is 46.2 Å². The van der Waals surface area contributed by atoms with E-state index in [1.54, 1.807) is 19.1 Å². The average Bonchev–Trinajstić information content (AvgIpc) is 2.76. The lowest BCUT2D eigenvalue weighted by atomic mass is 10.1. The van der Waals surface area contributed by atoms with Gasteiger partial charge >= 0.3 is 0 Å². The van der Waals surface area contributed by atoms with E-state index < -0.39 is 0 Å². The van der Waals surface area contributed by atoms with Crippen LogP contribution in [0.4, 0.5) is 4.39 Å². The highest BCUT2D eigenvalue weighted by molar-refractivity contribution is 9.10. The van der Waals surface area contributed by atoms with E-state index in [0.29, 0.717) is 32.6 Å². The Bertz CT molecular complexity index is 782. The SMILES string of the molecule is Cc1ccc(-c2nc3cc(O)cc(Br)c3o2)cc1F. The summed E-state index contributed by atoms with van der Waals surface area (Å²) in [5.41, 5.74) is 2.17. The van der Waals surface area contributed by atoms with E-state index in [9.17, 15) is 9.50 Å². The highest BCUT2D eigenvalue weighted by Gasteiger charge is 2.13. The van der Waals surface area contributed by atoms with E-state index in [-0.39, 0.29) is 11.6 Å². The lowest BCUT2D eigenvalue weighted by molar-refractivity contribution is 0.475. The molecule has 1 aromatic heterocycles. The maximum Gasteiger partial charge on any atom is 0.227 e. The molecule has 0 spiro atoms. The molecule has 0 aliphatic carbocycles. The minimum atomic E-state index is -0.304. The predicted octanol–water partition coefficient (Wildman–Crippen LogP) is 4.41. The van der Waals surface area contributed by atoms with Crippen LogP contribution in [0.25, 0.3) is 22.6 Å². The number of hydrogen-bond acceptors (Lipinski definition) is 3. The van der Waals surface area contributed by atoms with Crippen molar-refractivity contribution in [3.63, 3.8) is 0 Å². The van der Waals surface area contributed by atoms with Crippen LogP contribution < -0.4 is 0 Å². The highest BCUT2D eigenvalue weighted by atomic mass is 79.9. The van der Waals surface area contributed by atoms with Crippen molar-refractivity contribution in [1.82, 2.24) is 4.98 Å².